The maximum atomic E-state index is 12.6. The molecule has 0 aliphatic rings. The number of nitrogens with zero attached hydrogens (tertiary/aromatic N) is 2. The number of hydrogen-bond donors (Lipinski definition) is 0. The van der Waals surface area contributed by atoms with Gasteiger partial charge in [-0.1, -0.05) is 0 Å². The Morgan fingerprint density at radius 2 is 2.06 bits per heavy atom. The molecule has 1 aromatic carbocycles. The van der Waals surface area contributed by atoms with Crippen LogP contribution in [0.4, 0.5) is 18.9 Å². The highest BCUT2D eigenvalue weighted by molar-refractivity contribution is 6.17. The molecule has 90 valence electrons. The molecule has 0 radical (unpaired) electrons. The van der Waals surface area contributed by atoms with Crippen LogP contribution in [0.3, 0.4) is 0 Å². The van der Waals surface area contributed by atoms with Crippen LogP contribution in [0.2, 0.25) is 0 Å². The second-order valence-corrected chi connectivity index (χ2v) is 3.30. The van der Waals surface area contributed by atoms with Gasteiger partial charge in [0.05, 0.1) is 16.6 Å². The van der Waals surface area contributed by atoms with E-state index in [9.17, 15) is 23.3 Å². The first-order chi connectivity index (χ1) is 7.81. The van der Waals surface area contributed by atoms with Gasteiger partial charge in [0.1, 0.15) is 5.56 Å². The molecule has 0 heterocycles. The fraction of sp³-hybridized carbons (Fsp3) is 0.222. The van der Waals surface area contributed by atoms with Crippen molar-refractivity contribution in [3.05, 3.63) is 38.9 Å². The Bertz CT molecular complexity index is 508. The molecule has 17 heavy (non-hydrogen) atoms. The van der Waals surface area contributed by atoms with Crippen molar-refractivity contribution in [2.45, 2.75) is 12.1 Å². The van der Waals surface area contributed by atoms with E-state index >= 15 is 0 Å². The molecule has 1 rings (SSSR count). The molecule has 0 saturated carbocycles. The Morgan fingerprint density at radius 3 is 2.41 bits per heavy atom. The standard InChI is InChI=1S/C9H4ClF3N2O2/c10-3-6-1-5(4-14)2-7(15(16)17)8(6)9(11,12)13/h1-2H,3H2. The summed E-state index contributed by atoms with van der Waals surface area (Å²) in [7, 11) is 0. The van der Waals surface area contributed by atoms with Crippen molar-refractivity contribution in [2.24, 2.45) is 0 Å². The van der Waals surface area contributed by atoms with Gasteiger partial charge in [0.25, 0.3) is 5.69 Å². The monoisotopic (exact) mass is 264 g/mol. The summed E-state index contributed by atoms with van der Waals surface area (Å²) < 4.78 is 37.9. The van der Waals surface area contributed by atoms with Gasteiger partial charge in [0.15, 0.2) is 0 Å². The predicted octanol–water partition coefficient (Wildman–Crippen LogP) is 3.22. The quantitative estimate of drug-likeness (QED) is 0.468. The predicted molar refractivity (Wildman–Crippen MR) is 52.4 cm³/mol. The Hall–Kier alpha value is -1.81. The summed E-state index contributed by atoms with van der Waals surface area (Å²) in [6.45, 7) is 0. The first-order valence-corrected chi connectivity index (χ1v) is 4.69. The van der Waals surface area contributed by atoms with Crippen LogP contribution in [0.25, 0.3) is 0 Å². The van der Waals surface area contributed by atoms with Gasteiger partial charge in [-0.05, 0) is 11.6 Å². The number of halogens is 4. The molecule has 0 saturated heterocycles. The molecular formula is C9H4ClF3N2O2. The first-order valence-electron chi connectivity index (χ1n) is 4.15. The molecule has 0 aromatic heterocycles. The van der Waals surface area contributed by atoms with E-state index in [1.165, 1.54) is 0 Å². The minimum absolute atomic E-state index is 0.236. The fourth-order valence-corrected chi connectivity index (χ4v) is 1.54. The van der Waals surface area contributed by atoms with Crippen molar-refractivity contribution < 1.29 is 18.1 Å². The van der Waals surface area contributed by atoms with E-state index < -0.39 is 33.8 Å². The molecular weight excluding hydrogens is 261 g/mol. The molecule has 8 heteroatoms. The minimum Gasteiger partial charge on any atom is -0.258 e. The minimum atomic E-state index is -4.89. The second kappa shape index (κ2) is 4.59. The molecule has 0 spiro atoms. The number of nitro groups is 1. The van der Waals surface area contributed by atoms with E-state index in [0.29, 0.717) is 6.07 Å². The summed E-state index contributed by atoms with van der Waals surface area (Å²) in [6.07, 6.45) is -4.89. The molecule has 0 aliphatic carbocycles. The third-order valence-corrected chi connectivity index (χ3v) is 2.24. The maximum absolute atomic E-state index is 12.6. The Balaban J connectivity index is 3.66. The summed E-state index contributed by atoms with van der Waals surface area (Å²) in [6, 6.07) is 3.02. The van der Waals surface area contributed by atoms with Crippen molar-refractivity contribution in [3.63, 3.8) is 0 Å². The van der Waals surface area contributed by atoms with Gasteiger partial charge in [-0.2, -0.15) is 18.4 Å². The Labute approximate surface area is 98.4 Å². The molecule has 0 aliphatic heterocycles. The lowest BCUT2D eigenvalue weighted by Gasteiger charge is -2.11. The summed E-state index contributed by atoms with van der Waals surface area (Å²) in [4.78, 5) is 9.38. The number of alkyl halides is 4. The highest BCUT2D eigenvalue weighted by Crippen LogP contribution is 2.39. The summed E-state index contributed by atoms with van der Waals surface area (Å²) in [5.74, 6) is -0.564. The highest BCUT2D eigenvalue weighted by Gasteiger charge is 2.41. The van der Waals surface area contributed by atoms with Crippen LogP contribution in [0.15, 0.2) is 12.1 Å². The molecule has 1 aromatic rings. The number of rotatable bonds is 2. The lowest BCUT2D eigenvalue weighted by molar-refractivity contribution is -0.388. The average molecular weight is 265 g/mol. The third kappa shape index (κ3) is 2.65. The topological polar surface area (TPSA) is 66.9 Å². The van der Waals surface area contributed by atoms with Crippen molar-refractivity contribution >= 4 is 17.3 Å². The zero-order valence-electron chi connectivity index (χ0n) is 8.08. The van der Waals surface area contributed by atoms with Crippen molar-refractivity contribution in [1.82, 2.24) is 0 Å². The van der Waals surface area contributed by atoms with E-state index in [4.69, 9.17) is 16.9 Å². The number of benzene rings is 1. The van der Waals surface area contributed by atoms with Crippen LogP contribution >= 0.6 is 11.6 Å². The zero-order valence-corrected chi connectivity index (χ0v) is 8.84. The van der Waals surface area contributed by atoms with E-state index in [-0.39, 0.29) is 5.56 Å². The van der Waals surface area contributed by atoms with Crippen LogP contribution < -0.4 is 0 Å². The van der Waals surface area contributed by atoms with Crippen molar-refractivity contribution in [2.75, 3.05) is 0 Å². The van der Waals surface area contributed by atoms with Crippen molar-refractivity contribution in [1.29, 1.82) is 5.26 Å². The maximum Gasteiger partial charge on any atom is 0.423 e. The average Bonchev–Trinajstić information content (AvgIpc) is 2.25. The van der Waals surface area contributed by atoms with Crippen LogP contribution in [0.5, 0.6) is 0 Å². The molecule has 0 bridgehead atoms. The molecule has 0 unspecified atom stereocenters. The smallest absolute Gasteiger partial charge is 0.258 e. The van der Waals surface area contributed by atoms with Crippen LogP contribution in [-0.2, 0) is 12.1 Å². The fourth-order valence-electron chi connectivity index (χ4n) is 1.33. The third-order valence-electron chi connectivity index (χ3n) is 1.95. The van der Waals surface area contributed by atoms with E-state index in [1.54, 1.807) is 6.07 Å². The molecule has 0 N–H and O–H groups in total. The van der Waals surface area contributed by atoms with Gasteiger partial charge in [-0.3, -0.25) is 10.1 Å². The van der Waals surface area contributed by atoms with Crippen molar-refractivity contribution in [3.8, 4) is 6.07 Å². The van der Waals surface area contributed by atoms with Gasteiger partial charge < -0.3 is 0 Å². The summed E-state index contributed by atoms with van der Waals surface area (Å²) in [5.41, 5.74) is -3.28. The van der Waals surface area contributed by atoms with Crippen LogP contribution in [0.1, 0.15) is 16.7 Å². The van der Waals surface area contributed by atoms with E-state index in [1.807, 2.05) is 0 Å². The van der Waals surface area contributed by atoms with Gasteiger partial charge in [0.2, 0.25) is 0 Å². The van der Waals surface area contributed by atoms with Gasteiger partial charge in [0, 0.05) is 11.9 Å². The lowest BCUT2D eigenvalue weighted by Crippen LogP contribution is -2.12. The number of nitro benzene ring substituents is 1. The SMILES string of the molecule is N#Cc1cc(CCl)c(C(F)(F)F)c([N+](=O)[O-])c1. The second-order valence-electron chi connectivity index (χ2n) is 3.03. The van der Waals surface area contributed by atoms with Crippen LogP contribution in [0, 0.1) is 21.4 Å². The number of nitriles is 1. The van der Waals surface area contributed by atoms with Gasteiger partial charge in [-0.25, -0.2) is 0 Å². The Morgan fingerprint density at radius 1 is 1.47 bits per heavy atom. The molecule has 4 nitrogen and oxygen atoms in total. The largest absolute Gasteiger partial charge is 0.423 e. The number of hydrogen-bond acceptors (Lipinski definition) is 3. The normalized spacial score (nSPS) is 11.0. The lowest BCUT2D eigenvalue weighted by atomic mass is 10.0. The molecule has 0 amide bonds. The van der Waals surface area contributed by atoms with E-state index in [0.717, 1.165) is 6.07 Å². The van der Waals surface area contributed by atoms with E-state index in [2.05, 4.69) is 0 Å². The van der Waals surface area contributed by atoms with Gasteiger partial charge in [-0.15, -0.1) is 11.6 Å². The zero-order chi connectivity index (χ0) is 13.2. The molecule has 0 fully saturated rings. The first kappa shape index (κ1) is 13.3. The highest BCUT2D eigenvalue weighted by atomic mass is 35.5. The van der Waals surface area contributed by atoms with Gasteiger partial charge >= 0.3 is 6.18 Å². The summed E-state index contributed by atoms with van der Waals surface area (Å²) in [5, 5.41) is 19.1. The van der Waals surface area contributed by atoms with Crippen LogP contribution in [-0.4, -0.2) is 4.92 Å². The molecule has 0 atom stereocenters. The summed E-state index contributed by atoms with van der Waals surface area (Å²) >= 11 is 5.31. The Kier molecular flexibility index (Phi) is 3.58.